The summed E-state index contributed by atoms with van der Waals surface area (Å²) in [5, 5.41) is 75.4. The van der Waals surface area contributed by atoms with Gasteiger partial charge in [-0.15, -0.1) is 0 Å². The Labute approximate surface area is 398 Å². The standard InChI is InChI=1S/C54H105NO10/c1-3-5-7-9-11-12-13-14-15-16-17-18-19-20-21-22-23-24-25-26-27-28-29-30-31-32-33-34-36-38-40-42-47(58)53(63)55-45(49(59)46(57)41-39-37-35-10-8-6-4-2)44-64-54-52(62)51(61)50(60)48(43-56)65-54/h10,35,45-52,54,56-62H,3-9,11-34,36-44H2,1-2H3,(H,55,63)/b35-10+. The molecule has 0 spiro atoms. The van der Waals surface area contributed by atoms with E-state index in [9.17, 15) is 40.5 Å². The Morgan fingerprint density at radius 3 is 1.31 bits per heavy atom. The van der Waals surface area contributed by atoms with E-state index in [0.29, 0.717) is 12.8 Å². The summed E-state index contributed by atoms with van der Waals surface area (Å²) >= 11 is 0. The van der Waals surface area contributed by atoms with Gasteiger partial charge in [-0.2, -0.15) is 0 Å². The lowest BCUT2D eigenvalue weighted by molar-refractivity contribution is -0.303. The Morgan fingerprint density at radius 2 is 0.908 bits per heavy atom. The number of nitrogens with one attached hydrogen (secondary N) is 1. The van der Waals surface area contributed by atoms with Gasteiger partial charge < -0.3 is 50.5 Å². The molecule has 0 bridgehead atoms. The van der Waals surface area contributed by atoms with Gasteiger partial charge in [-0.25, -0.2) is 0 Å². The van der Waals surface area contributed by atoms with E-state index in [-0.39, 0.29) is 12.8 Å². The van der Waals surface area contributed by atoms with Crippen LogP contribution in [-0.4, -0.2) is 110 Å². The minimum atomic E-state index is -1.66. The van der Waals surface area contributed by atoms with Gasteiger partial charge in [0.15, 0.2) is 6.29 Å². The zero-order valence-electron chi connectivity index (χ0n) is 42.0. The summed E-state index contributed by atoms with van der Waals surface area (Å²) in [6.07, 6.45) is 39.2. The second kappa shape index (κ2) is 44.1. The van der Waals surface area contributed by atoms with Gasteiger partial charge in [0.2, 0.25) is 5.91 Å². The maximum absolute atomic E-state index is 13.1. The van der Waals surface area contributed by atoms with Crippen molar-refractivity contribution >= 4 is 5.91 Å². The summed E-state index contributed by atoms with van der Waals surface area (Å²) in [5.74, 6) is -0.705. The van der Waals surface area contributed by atoms with Crippen molar-refractivity contribution in [3.05, 3.63) is 12.2 Å². The van der Waals surface area contributed by atoms with Gasteiger partial charge in [-0.3, -0.25) is 4.79 Å². The smallest absolute Gasteiger partial charge is 0.249 e. The van der Waals surface area contributed by atoms with Crippen LogP contribution < -0.4 is 5.32 Å². The van der Waals surface area contributed by atoms with E-state index >= 15 is 0 Å². The SMILES string of the molecule is CCCC/C=C/CCCC(O)C(O)C(COC1OC(CO)C(O)C(O)C1O)NC(=O)C(O)CCCCCCCCCCCCCCCCCCCCCCCCCCCCCCCCC. The fourth-order valence-corrected chi connectivity index (χ4v) is 9.02. The Morgan fingerprint density at radius 1 is 0.523 bits per heavy atom. The minimum absolute atomic E-state index is 0.258. The number of aliphatic hydroxyl groups is 7. The average molecular weight is 928 g/mol. The fourth-order valence-electron chi connectivity index (χ4n) is 9.02. The molecule has 0 aromatic heterocycles. The van der Waals surface area contributed by atoms with E-state index < -0.39 is 74.2 Å². The van der Waals surface area contributed by atoms with E-state index in [1.165, 1.54) is 173 Å². The average Bonchev–Trinajstić information content (AvgIpc) is 3.31. The third-order valence-electron chi connectivity index (χ3n) is 13.6. The monoisotopic (exact) mass is 928 g/mol. The van der Waals surface area contributed by atoms with Crippen LogP contribution in [0.15, 0.2) is 12.2 Å². The molecule has 0 aromatic carbocycles. The van der Waals surface area contributed by atoms with Crippen LogP contribution >= 0.6 is 0 Å². The van der Waals surface area contributed by atoms with Crippen LogP contribution in [0.3, 0.4) is 0 Å². The maximum atomic E-state index is 13.1. The van der Waals surface area contributed by atoms with Crippen molar-refractivity contribution in [2.45, 2.75) is 313 Å². The van der Waals surface area contributed by atoms with Gasteiger partial charge in [0.05, 0.1) is 25.4 Å². The predicted molar refractivity (Wildman–Crippen MR) is 266 cm³/mol. The van der Waals surface area contributed by atoms with Gasteiger partial charge in [-0.1, -0.05) is 238 Å². The van der Waals surface area contributed by atoms with E-state index in [4.69, 9.17) is 9.47 Å². The molecule has 11 heteroatoms. The molecule has 1 saturated heterocycles. The molecular weight excluding hydrogens is 823 g/mol. The van der Waals surface area contributed by atoms with Crippen LogP contribution in [0.5, 0.6) is 0 Å². The highest BCUT2D eigenvalue weighted by Crippen LogP contribution is 2.23. The van der Waals surface area contributed by atoms with Crippen LogP contribution in [0.25, 0.3) is 0 Å². The first-order valence-electron chi connectivity index (χ1n) is 27.6. The molecule has 1 heterocycles. The molecule has 0 radical (unpaired) electrons. The number of hydrogen-bond donors (Lipinski definition) is 8. The van der Waals surface area contributed by atoms with Crippen molar-refractivity contribution in [2.75, 3.05) is 13.2 Å². The first kappa shape index (κ1) is 61.9. The van der Waals surface area contributed by atoms with Crippen LogP contribution in [0.4, 0.5) is 0 Å². The zero-order chi connectivity index (χ0) is 47.6. The lowest BCUT2D eigenvalue weighted by Gasteiger charge is -2.40. The number of aliphatic hydroxyl groups excluding tert-OH is 7. The lowest BCUT2D eigenvalue weighted by Crippen LogP contribution is -2.60. The zero-order valence-corrected chi connectivity index (χ0v) is 42.0. The molecule has 0 aromatic rings. The molecule has 1 rings (SSSR count). The van der Waals surface area contributed by atoms with Crippen molar-refractivity contribution in [1.82, 2.24) is 5.32 Å². The second-order valence-electron chi connectivity index (χ2n) is 19.7. The molecule has 386 valence electrons. The molecule has 11 nitrogen and oxygen atoms in total. The molecule has 1 aliphatic heterocycles. The first-order chi connectivity index (χ1) is 31.7. The molecule has 9 unspecified atom stereocenters. The van der Waals surface area contributed by atoms with Crippen LogP contribution in [0, 0.1) is 0 Å². The van der Waals surface area contributed by atoms with E-state index in [0.717, 1.165) is 44.9 Å². The predicted octanol–water partition coefficient (Wildman–Crippen LogP) is 10.8. The van der Waals surface area contributed by atoms with Crippen molar-refractivity contribution in [3.8, 4) is 0 Å². The Balaban J connectivity index is 2.12. The highest BCUT2D eigenvalue weighted by molar-refractivity contribution is 5.80. The number of hydrogen-bond acceptors (Lipinski definition) is 10. The maximum Gasteiger partial charge on any atom is 0.249 e. The van der Waals surface area contributed by atoms with Gasteiger partial charge in [0.25, 0.3) is 0 Å². The number of amides is 1. The molecule has 1 fully saturated rings. The van der Waals surface area contributed by atoms with Crippen molar-refractivity contribution in [2.24, 2.45) is 0 Å². The molecule has 1 amide bonds. The molecule has 0 saturated carbocycles. The highest BCUT2D eigenvalue weighted by atomic mass is 16.7. The number of rotatable bonds is 47. The molecule has 1 aliphatic rings. The summed E-state index contributed by atoms with van der Waals surface area (Å²) in [4.78, 5) is 13.1. The normalized spacial score (nSPS) is 20.9. The molecular formula is C54H105NO10. The third-order valence-corrected chi connectivity index (χ3v) is 13.6. The summed E-state index contributed by atoms with van der Waals surface area (Å²) in [5.41, 5.74) is 0. The van der Waals surface area contributed by atoms with Gasteiger partial charge in [0, 0.05) is 0 Å². The van der Waals surface area contributed by atoms with Gasteiger partial charge in [0.1, 0.15) is 36.6 Å². The molecule has 9 atom stereocenters. The first-order valence-corrected chi connectivity index (χ1v) is 27.6. The summed E-state index contributed by atoms with van der Waals surface area (Å²) in [7, 11) is 0. The van der Waals surface area contributed by atoms with E-state index in [1.807, 2.05) is 0 Å². The van der Waals surface area contributed by atoms with Crippen LogP contribution in [-0.2, 0) is 14.3 Å². The Bertz CT molecular complexity index is 1060. The second-order valence-corrected chi connectivity index (χ2v) is 19.7. The molecule has 8 N–H and O–H groups in total. The number of carbonyl (C=O) groups excluding carboxylic acids is 1. The van der Waals surface area contributed by atoms with Gasteiger partial charge >= 0.3 is 0 Å². The fraction of sp³-hybridized carbons (Fsp3) is 0.944. The largest absolute Gasteiger partial charge is 0.394 e. The Kier molecular flexibility index (Phi) is 42.0. The summed E-state index contributed by atoms with van der Waals surface area (Å²) < 4.78 is 11.0. The quantitative estimate of drug-likeness (QED) is 0.0215. The lowest BCUT2D eigenvalue weighted by atomic mass is 9.98. The van der Waals surface area contributed by atoms with Crippen LogP contribution in [0.2, 0.25) is 0 Å². The van der Waals surface area contributed by atoms with Crippen LogP contribution in [0.1, 0.15) is 258 Å². The van der Waals surface area contributed by atoms with Gasteiger partial charge in [-0.05, 0) is 32.1 Å². The summed E-state index contributed by atoms with van der Waals surface area (Å²) in [6, 6.07) is -1.18. The minimum Gasteiger partial charge on any atom is -0.394 e. The summed E-state index contributed by atoms with van der Waals surface area (Å²) in [6.45, 7) is 3.35. The van der Waals surface area contributed by atoms with Crippen molar-refractivity contribution in [1.29, 1.82) is 0 Å². The third kappa shape index (κ3) is 33.1. The number of ether oxygens (including phenoxy) is 2. The van der Waals surface area contributed by atoms with Crippen molar-refractivity contribution < 1.29 is 50.0 Å². The van der Waals surface area contributed by atoms with E-state index in [1.54, 1.807) is 0 Å². The number of unbranched alkanes of at least 4 members (excludes halogenated alkanes) is 33. The molecule has 0 aliphatic carbocycles. The van der Waals surface area contributed by atoms with E-state index in [2.05, 4.69) is 31.3 Å². The molecule has 65 heavy (non-hydrogen) atoms. The number of carbonyl (C=O) groups is 1. The topological polar surface area (TPSA) is 189 Å². The highest BCUT2D eigenvalue weighted by Gasteiger charge is 2.44. The number of allylic oxidation sites excluding steroid dienone is 2. The Hall–Kier alpha value is -1.15. The van der Waals surface area contributed by atoms with Crippen molar-refractivity contribution in [3.63, 3.8) is 0 Å².